The molecule has 0 aromatic heterocycles. The molecule has 0 bridgehead atoms. The van der Waals surface area contributed by atoms with Crippen LogP contribution in [0.4, 0.5) is 18.9 Å². The van der Waals surface area contributed by atoms with E-state index < -0.39 is 42.4 Å². The average Bonchev–Trinajstić information content (AvgIpc) is 3.28. The summed E-state index contributed by atoms with van der Waals surface area (Å²) >= 11 is 0. The Hall–Kier alpha value is -2.32. The highest BCUT2D eigenvalue weighted by Crippen LogP contribution is 2.67. The molecular formula is C25H33F3N3O4P. The van der Waals surface area contributed by atoms with Crippen LogP contribution in [0.2, 0.25) is 0 Å². The normalized spacial score (nSPS) is 32.2. The van der Waals surface area contributed by atoms with Crippen molar-refractivity contribution < 1.29 is 32.2 Å². The average molecular weight is 528 g/mol. The number of rotatable bonds is 3. The quantitative estimate of drug-likeness (QED) is 0.390. The predicted octanol–water partition coefficient (Wildman–Crippen LogP) is 4.73. The van der Waals surface area contributed by atoms with E-state index in [0.717, 1.165) is 37.8 Å². The molecule has 7 nitrogen and oxygen atoms in total. The molecular weight excluding hydrogens is 494 g/mol. The van der Waals surface area contributed by atoms with Crippen LogP contribution in [0.1, 0.15) is 56.9 Å². The predicted molar refractivity (Wildman–Crippen MR) is 131 cm³/mol. The Kier molecular flexibility index (Phi) is 7.58. The second-order valence-corrected chi connectivity index (χ2v) is 12.7. The van der Waals surface area contributed by atoms with Crippen LogP contribution in [-0.2, 0) is 20.3 Å². The van der Waals surface area contributed by atoms with Gasteiger partial charge in [0.15, 0.2) is 0 Å². The first kappa shape index (κ1) is 26.7. The van der Waals surface area contributed by atoms with Crippen molar-refractivity contribution in [2.24, 2.45) is 5.92 Å². The summed E-state index contributed by atoms with van der Waals surface area (Å²) in [6.07, 6.45) is 4.62. The maximum atomic E-state index is 13.6. The summed E-state index contributed by atoms with van der Waals surface area (Å²) in [5, 5.41) is 4.72. The van der Waals surface area contributed by atoms with Crippen LogP contribution < -0.4 is 10.6 Å². The number of amides is 2. The van der Waals surface area contributed by atoms with Crippen LogP contribution in [0.15, 0.2) is 36.4 Å². The van der Waals surface area contributed by atoms with Crippen molar-refractivity contribution in [1.29, 1.82) is 0 Å². The summed E-state index contributed by atoms with van der Waals surface area (Å²) in [4.78, 5) is 38.8. The Morgan fingerprint density at radius 2 is 1.83 bits per heavy atom. The van der Waals surface area contributed by atoms with Crippen LogP contribution in [-0.4, -0.2) is 52.2 Å². The largest absolute Gasteiger partial charge is 0.416 e. The van der Waals surface area contributed by atoms with E-state index in [0.29, 0.717) is 37.9 Å². The minimum absolute atomic E-state index is 0.216. The minimum Gasteiger partial charge on any atom is -0.374 e. The molecule has 1 saturated carbocycles. The number of nitrogens with zero attached hydrogens (tertiary/aromatic N) is 1. The Morgan fingerprint density at radius 3 is 2.50 bits per heavy atom. The number of carbonyl (C=O) groups excluding carboxylic acids is 2. The zero-order chi connectivity index (χ0) is 26.1. The third-order valence-electron chi connectivity index (χ3n) is 7.49. The van der Waals surface area contributed by atoms with Crippen molar-refractivity contribution in [3.63, 3.8) is 0 Å². The van der Waals surface area contributed by atoms with E-state index in [2.05, 4.69) is 10.6 Å². The monoisotopic (exact) mass is 527 g/mol. The molecule has 2 amide bonds. The second-order valence-electron chi connectivity index (χ2n) is 10.1. The standard InChI is InChI=1S/C25H33F3N3O4P/c1-36(34,35)24-16-18(24)8-5-3-2-4-6-9-20(23(33)31-15-7-10-21(31)22(32)30-24)29-19-13-11-17(12-14-19)25(26,27)28/h5,8,11-14,18,20-21,29H,2-4,6-7,9-10,15-16H2,1H3,(H,30,32)(H,34,35)/b8-5-/t18-,20+,21+,24+/m1/s1. The van der Waals surface area contributed by atoms with E-state index >= 15 is 0 Å². The molecule has 198 valence electrons. The van der Waals surface area contributed by atoms with Gasteiger partial charge in [0.1, 0.15) is 17.4 Å². The van der Waals surface area contributed by atoms with Crippen molar-refractivity contribution in [3.8, 4) is 0 Å². The number of hydrogen-bond acceptors (Lipinski definition) is 4. The maximum Gasteiger partial charge on any atom is 0.416 e. The molecule has 5 atom stereocenters. The maximum absolute atomic E-state index is 13.6. The fraction of sp³-hybridized carbons (Fsp3) is 0.600. The molecule has 4 rings (SSSR count). The molecule has 2 fully saturated rings. The molecule has 2 heterocycles. The van der Waals surface area contributed by atoms with Crippen LogP contribution >= 0.6 is 7.37 Å². The topological polar surface area (TPSA) is 98.7 Å². The Bertz CT molecular complexity index is 1060. The van der Waals surface area contributed by atoms with Crippen LogP contribution in [0.25, 0.3) is 0 Å². The lowest BCUT2D eigenvalue weighted by molar-refractivity contribution is -0.139. The van der Waals surface area contributed by atoms with Gasteiger partial charge < -0.3 is 20.4 Å². The molecule has 3 aliphatic rings. The SMILES string of the molecule is CP(=O)(O)[C@@]12C[C@H]1/C=C\CCCCC[C@H](Nc1ccc(C(F)(F)F)cc1)C(=O)N1CCC[C@H]1C(=O)N2. The van der Waals surface area contributed by atoms with Crippen LogP contribution in [0, 0.1) is 5.92 Å². The number of anilines is 1. The first-order valence-corrected chi connectivity index (χ1v) is 14.6. The third kappa shape index (κ3) is 5.65. The van der Waals surface area contributed by atoms with Gasteiger partial charge in [-0.2, -0.15) is 13.2 Å². The van der Waals surface area contributed by atoms with Gasteiger partial charge in [0, 0.05) is 24.8 Å². The second kappa shape index (κ2) is 10.2. The van der Waals surface area contributed by atoms with Gasteiger partial charge in [-0.3, -0.25) is 14.2 Å². The van der Waals surface area contributed by atoms with E-state index in [9.17, 15) is 32.2 Å². The summed E-state index contributed by atoms with van der Waals surface area (Å²) in [6, 6.07) is 3.10. The number of hydrogen-bond donors (Lipinski definition) is 3. The smallest absolute Gasteiger partial charge is 0.374 e. The molecule has 1 aromatic rings. The minimum atomic E-state index is -4.45. The van der Waals surface area contributed by atoms with Gasteiger partial charge in [-0.15, -0.1) is 0 Å². The van der Waals surface area contributed by atoms with Gasteiger partial charge in [0.05, 0.1) is 5.56 Å². The zero-order valence-corrected chi connectivity index (χ0v) is 21.2. The van der Waals surface area contributed by atoms with Gasteiger partial charge in [-0.05, 0) is 62.8 Å². The molecule has 3 N–H and O–H groups in total. The molecule has 36 heavy (non-hydrogen) atoms. The number of fused-ring (bicyclic) bond motifs is 2. The number of nitrogens with one attached hydrogen (secondary N) is 2. The van der Waals surface area contributed by atoms with Crippen molar-refractivity contribution in [2.45, 2.75) is 74.9 Å². The number of benzene rings is 1. The van der Waals surface area contributed by atoms with Crippen LogP contribution in [0.3, 0.4) is 0 Å². The first-order chi connectivity index (χ1) is 16.9. The van der Waals surface area contributed by atoms with Crippen molar-refractivity contribution >= 4 is 24.9 Å². The molecule has 0 spiro atoms. The highest BCUT2D eigenvalue weighted by molar-refractivity contribution is 7.59. The van der Waals surface area contributed by atoms with E-state index in [-0.39, 0.29) is 11.8 Å². The molecule has 1 saturated heterocycles. The lowest BCUT2D eigenvalue weighted by atomic mass is 10.0. The molecule has 11 heteroatoms. The number of alkyl halides is 3. The summed E-state index contributed by atoms with van der Waals surface area (Å²) in [6.45, 7) is 1.64. The highest BCUT2D eigenvalue weighted by atomic mass is 31.2. The number of allylic oxidation sites excluding steroid dienone is 1. The zero-order valence-electron chi connectivity index (χ0n) is 20.3. The first-order valence-electron chi connectivity index (χ1n) is 12.5. The van der Waals surface area contributed by atoms with Gasteiger partial charge in [0.2, 0.25) is 19.2 Å². The van der Waals surface area contributed by atoms with Gasteiger partial charge in [0.25, 0.3) is 0 Å². The summed E-state index contributed by atoms with van der Waals surface area (Å²) in [5.74, 6) is -0.936. The molecule has 1 aliphatic carbocycles. The molecule has 1 unspecified atom stereocenters. The number of carbonyl (C=O) groups is 2. The van der Waals surface area contributed by atoms with Gasteiger partial charge in [-0.25, -0.2) is 0 Å². The lowest BCUT2D eigenvalue weighted by Crippen LogP contribution is -2.53. The van der Waals surface area contributed by atoms with Crippen molar-refractivity contribution in [2.75, 3.05) is 18.5 Å². The van der Waals surface area contributed by atoms with E-state index in [4.69, 9.17) is 0 Å². The molecule has 0 radical (unpaired) electrons. The Morgan fingerprint density at radius 1 is 1.11 bits per heavy atom. The molecule has 1 aromatic carbocycles. The summed E-state index contributed by atoms with van der Waals surface area (Å²) in [7, 11) is -3.65. The van der Waals surface area contributed by atoms with Crippen molar-refractivity contribution in [3.05, 3.63) is 42.0 Å². The van der Waals surface area contributed by atoms with Crippen molar-refractivity contribution in [1.82, 2.24) is 10.2 Å². The van der Waals surface area contributed by atoms with E-state index in [1.54, 1.807) is 0 Å². The third-order valence-corrected chi connectivity index (χ3v) is 9.59. The fourth-order valence-corrected chi connectivity index (χ4v) is 6.84. The van der Waals surface area contributed by atoms with Gasteiger partial charge >= 0.3 is 6.18 Å². The highest BCUT2D eigenvalue weighted by Gasteiger charge is 2.64. The number of halogens is 3. The van der Waals surface area contributed by atoms with E-state index in [1.807, 2.05) is 12.2 Å². The lowest BCUT2D eigenvalue weighted by Gasteiger charge is -2.31. The van der Waals surface area contributed by atoms with E-state index in [1.165, 1.54) is 23.7 Å². The summed E-state index contributed by atoms with van der Waals surface area (Å²) in [5.41, 5.74) is -0.371. The fourth-order valence-electron chi connectivity index (χ4n) is 5.29. The molecule has 2 aliphatic heterocycles. The van der Waals surface area contributed by atoms with Crippen LogP contribution in [0.5, 0.6) is 0 Å². The Balaban J connectivity index is 1.56. The Labute approximate surface area is 209 Å². The summed E-state index contributed by atoms with van der Waals surface area (Å²) < 4.78 is 51.5. The van der Waals surface area contributed by atoms with Gasteiger partial charge in [-0.1, -0.05) is 25.0 Å².